The summed E-state index contributed by atoms with van der Waals surface area (Å²) < 4.78 is 61.0. The molecule has 8 heteroatoms. The van der Waals surface area contributed by atoms with Crippen molar-refractivity contribution in [3.63, 3.8) is 0 Å². The highest BCUT2D eigenvalue weighted by Gasteiger charge is 2.32. The molecule has 1 rings (SSSR count). The first-order chi connectivity index (χ1) is 8.52. The number of alkyl halides is 3. The van der Waals surface area contributed by atoms with Crippen LogP contribution in [-0.2, 0) is 10.0 Å². The van der Waals surface area contributed by atoms with E-state index in [2.05, 4.69) is 0 Å². The van der Waals surface area contributed by atoms with Gasteiger partial charge in [0.2, 0.25) is 10.0 Å². The maximum absolute atomic E-state index is 12.0. The lowest BCUT2D eigenvalue weighted by Gasteiger charge is -2.22. The third kappa shape index (κ3) is 6.09. The third-order valence-corrected chi connectivity index (χ3v) is 5.24. The minimum absolute atomic E-state index is 0.168. The highest BCUT2D eigenvalue weighted by atomic mass is 32.2. The molecule has 1 fully saturated rings. The van der Waals surface area contributed by atoms with E-state index < -0.39 is 40.4 Å². The summed E-state index contributed by atoms with van der Waals surface area (Å²) in [4.78, 5) is 0. The molecule has 1 heterocycles. The van der Waals surface area contributed by atoms with Gasteiger partial charge in [-0.25, -0.2) is 12.7 Å². The zero-order valence-corrected chi connectivity index (χ0v) is 11.7. The van der Waals surface area contributed by atoms with Crippen LogP contribution in [0, 0.1) is 0 Å². The van der Waals surface area contributed by atoms with E-state index in [4.69, 9.17) is 0 Å². The molecule has 4 nitrogen and oxygen atoms in total. The second-order valence-electron chi connectivity index (χ2n) is 5.28. The van der Waals surface area contributed by atoms with Crippen LogP contribution in [0.25, 0.3) is 0 Å². The number of sulfonamides is 1. The molecule has 0 aromatic rings. The zero-order chi connectivity index (χ0) is 14.7. The average molecular weight is 303 g/mol. The molecule has 0 amide bonds. The van der Waals surface area contributed by atoms with E-state index in [1.54, 1.807) is 6.92 Å². The van der Waals surface area contributed by atoms with Crippen molar-refractivity contribution < 1.29 is 26.7 Å². The van der Waals surface area contributed by atoms with Gasteiger partial charge in [-0.1, -0.05) is 0 Å². The van der Waals surface area contributed by atoms with Crippen molar-refractivity contribution in [3.05, 3.63) is 0 Å². The lowest BCUT2D eigenvalue weighted by atomic mass is 9.98. The average Bonchev–Trinajstić information content (AvgIpc) is 2.37. The molecule has 0 aromatic heterocycles. The molecule has 1 aliphatic heterocycles. The Balaban J connectivity index is 2.53. The lowest BCUT2D eigenvalue weighted by molar-refractivity contribution is -0.134. The third-order valence-electron chi connectivity index (χ3n) is 3.28. The van der Waals surface area contributed by atoms with Gasteiger partial charge in [-0.3, -0.25) is 0 Å². The summed E-state index contributed by atoms with van der Waals surface area (Å²) in [6, 6.07) is 0. The van der Waals surface area contributed by atoms with Crippen LogP contribution < -0.4 is 0 Å². The van der Waals surface area contributed by atoms with E-state index in [0.717, 1.165) is 0 Å². The maximum Gasteiger partial charge on any atom is 0.389 e. The Morgan fingerprint density at radius 2 is 1.89 bits per heavy atom. The van der Waals surface area contributed by atoms with Gasteiger partial charge in [-0.2, -0.15) is 13.2 Å². The van der Waals surface area contributed by atoms with Gasteiger partial charge in [-0.05, 0) is 32.6 Å². The minimum Gasteiger partial charge on any atom is -0.390 e. The zero-order valence-electron chi connectivity index (χ0n) is 10.9. The highest BCUT2D eigenvalue weighted by Crippen LogP contribution is 2.25. The van der Waals surface area contributed by atoms with E-state index >= 15 is 0 Å². The summed E-state index contributed by atoms with van der Waals surface area (Å²) in [6.45, 7) is 2.08. The summed E-state index contributed by atoms with van der Waals surface area (Å²) in [5.74, 6) is -0.491. The molecule has 114 valence electrons. The van der Waals surface area contributed by atoms with Crippen LogP contribution in [0.3, 0.4) is 0 Å². The van der Waals surface area contributed by atoms with Crippen molar-refractivity contribution in [2.45, 2.75) is 50.8 Å². The van der Waals surface area contributed by atoms with E-state index in [-0.39, 0.29) is 13.1 Å². The number of nitrogens with zero attached hydrogens (tertiary/aromatic N) is 1. The number of hydrogen-bond donors (Lipinski definition) is 1. The van der Waals surface area contributed by atoms with Crippen molar-refractivity contribution in [3.8, 4) is 0 Å². The van der Waals surface area contributed by atoms with E-state index in [1.807, 2.05) is 0 Å². The Kier molecular flexibility index (Phi) is 5.25. The molecule has 1 aliphatic rings. The van der Waals surface area contributed by atoms with Gasteiger partial charge in [0, 0.05) is 19.5 Å². The highest BCUT2D eigenvalue weighted by molar-refractivity contribution is 7.89. The molecule has 1 unspecified atom stereocenters. The van der Waals surface area contributed by atoms with Gasteiger partial charge in [0.1, 0.15) is 0 Å². The molecule has 0 radical (unpaired) electrons. The summed E-state index contributed by atoms with van der Waals surface area (Å²) in [7, 11) is -3.66. The van der Waals surface area contributed by atoms with Crippen molar-refractivity contribution in [2.75, 3.05) is 18.8 Å². The Bertz CT molecular complexity index is 392. The molecular weight excluding hydrogens is 283 g/mol. The van der Waals surface area contributed by atoms with Crippen molar-refractivity contribution in [2.24, 2.45) is 0 Å². The SMILES string of the molecule is CC1(O)CCCN(S(=O)(=O)CCCC(F)(F)F)CC1. The minimum atomic E-state index is -4.32. The predicted octanol–water partition coefficient (Wildman–Crippen LogP) is 1.90. The number of aliphatic hydroxyl groups is 1. The number of hydrogen-bond acceptors (Lipinski definition) is 3. The van der Waals surface area contributed by atoms with Crippen LogP contribution in [0.1, 0.15) is 39.0 Å². The second-order valence-corrected chi connectivity index (χ2v) is 7.37. The van der Waals surface area contributed by atoms with Gasteiger partial charge < -0.3 is 5.11 Å². The van der Waals surface area contributed by atoms with Crippen LogP contribution in [0.15, 0.2) is 0 Å². The first-order valence-electron chi connectivity index (χ1n) is 6.29. The molecule has 0 aromatic carbocycles. The normalized spacial score (nSPS) is 27.2. The molecule has 0 saturated carbocycles. The van der Waals surface area contributed by atoms with Crippen molar-refractivity contribution in [1.29, 1.82) is 0 Å². The molecule has 0 aliphatic carbocycles. The molecule has 1 saturated heterocycles. The maximum atomic E-state index is 12.0. The lowest BCUT2D eigenvalue weighted by Crippen LogP contribution is -2.35. The molecule has 19 heavy (non-hydrogen) atoms. The molecular formula is C11H20F3NO3S. The van der Waals surface area contributed by atoms with Crippen molar-refractivity contribution >= 4 is 10.0 Å². The largest absolute Gasteiger partial charge is 0.390 e. The smallest absolute Gasteiger partial charge is 0.389 e. The fraction of sp³-hybridized carbons (Fsp3) is 1.00. The summed E-state index contributed by atoms with van der Waals surface area (Å²) in [5.41, 5.74) is -0.893. The number of rotatable bonds is 4. The van der Waals surface area contributed by atoms with Crippen LogP contribution in [0.2, 0.25) is 0 Å². The summed E-state index contributed by atoms with van der Waals surface area (Å²) >= 11 is 0. The van der Waals surface area contributed by atoms with Gasteiger partial charge in [0.25, 0.3) is 0 Å². The Hall–Kier alpha value is -0.340. The predicted molar refractivity (Wildman–Crippen MR) is 65.1 cm³/mol. The molecule has 0 bridgehead atoms. The van der Waals surface area contributed by atoms with Crippen LogP contribution in [0.5, 0.6) is 0 Å². The van der Waals surface area contributed by atoms with Crippen LogP contribution in [0.4, 0.5) is 13.2 Å². The second kappa shape index (κ2) is 5.97. The quantitative estimate of drug-likeness (QED) is 0.863. The van der Waals surface area contributed by atoms with Gasteiger partial charge >= 0.3 is 6.18 Å². The Morgan fingerprint density at radius 1 is 1.26 bits per heavy atom. The molecule has 1 N–H and O–H groups in total. The fourth-order valence-electron chi connectivity index (χ4n) is 2.10. The Morgan fingerprint density at radius 3 is 2.47 bits per heavy atom. The van der Waals surface area contributed by atoms with Crippen molar-refractivity contribution in [1.82, 2.24) is 4.31 Å². The summed E-state index contributed by atoms with van der Waals surface area (Å²) in [5, 5.41) is 9.85. The Labute approximate surface area is 111 Å². The molecule has 1 atom stereocenters. The van der Waals surface area contributed by atoms with Gasteiger partial charge in [-0.15, -0.1) is 0 Å². The first-order valence-corrected chi connectivity index (χ1v) is 7.90. The van der Waals surface area contributed by atoms with E-state index in [0.29, 0.717) is 19.3 Å². The van der Waals surface area contributed by atoms with E-state index in [9.17, 15) is 26.7 Å². The van der Waals surface area contributed by atoms with Gasteiger partial charge in [0.05, 0.1) is 11.4 Å². The van der Waals surface area contributed by atoms with Crippen LogP contribution >= 0.6 is 0 Å². The summed E-state index contributed by atoms with van der Waals surface area (Å²) in [6.07, 6.45) is -4.49. The van der Waals surface area contributed by atoms with E-state index in [1.165, 1.54) is 4.31 Å². The fourth-order valence-corrected chi connectivity index (χ4v) is 3.64. The molecule has 0 spiro atoms. The van der Waals surface area contributed by atoms with Crippen LogP contribution in [-0.4, -0.2) is 48.4 Å². The standard InChI is InChI=1S/C11H20F3NO3S/c1-10(16)4-2-7-15(8-6-10)19(17,18)9-3-5-11(12,13)14/h16H,2-9H2,1H3. The topological polar surface area (TPSA) is 57.6 Å². The van der Waals surface area contributed by atoms with Gasteiger partial charge in [0.15, 0.2) is 0 Å². The first kappa shape index (κ1) is 16.7. The monoisotopic (exact) mass is 303 g/mol. The number of halogens is 3.